The van der Waals surface area contributed by atoms with Crippen LogP contribution in [0.15, 0.2) is 49.2 Å². The van der Waals surface area contributed by atoms with Gasteiger partial charge in [-0.25, -0.2) is 4.98 Å². The first-order valence-corrected chi connectivity index (χ1v) is 12.9. The molecule has 2 N–H and O–H groups in total. The number of carbonyl (C=O) groups is 1. The van der Waals surface area contributed by atoms with Gasteiger partial charge in [-0.05, 0) is 51.4 Å². The number of methoxy groups -OCH3 is 1. The second-order valence-corrected chi connectivity index (χ2v) is 10.6. The molecule has 0 spiro atoms. The van der Waals surface area contributed by atoms with E-state index in [9.17, 15) is 4.79 Å². The van der Waals surface area contributed by atoms with E-state index in [1.807, 2.05) is 52.3 Å². The minimum absolute atomic E-state index is 0.115. The van der Waals surface area contributed by atoms with Gasteiger partial charge in [0.25, 0.3) is 0 Å². The number of hydrogen-bond acceptors (Lipinski definition) is 9. The van der Waals surface area contributed by atoms with Crippen molar-refractivity contribution in [3.63, 3.8) is 0 Å². The maximum Gasteiger partial charge on any atom is 0.247 e. The number of fused-ring (bicyclic) bond motifs is 1. The van der Waals surface area contributed by atoms with E-state index in [-0.39, 0.29) is 11.3 Å². The van der Waals surface area contributed by atoms with Gasteiger partial charge in [-0.2, -0.15) is 4.98 Å². The van der Waals surface area contributed by atoms with Gasteiger partial charge in [0.2, 0.25) is 11.9 Å². The van der Waals surface area contributed by atoms with Crippen LogP contribution in [0.1, 0.15) is 25.2 Å². The van der Waals surface area contributed by atoms with Crippen molar-refractivity contribution >= 4 is 40.4 Å². The lowest BCUT2D eigenvalue weighted by Gasteiger charge is -2.26. The molecule has 39 heavy (non-hydrogen) atoms. The van der Waals surface area contributed by atoms with Gasteiger partial charge in [0, 0.05) is 50.1 Å². The molecule has 0 radical (unpaired) electrons. The molecular formula is C29H38N8O2. The molecule has 0 atom stereocenters. The molecule has 0 fully saturated rings. The maximum absolute atomic E-state index is 12.3. The SMILES string of the molecule is C=CC(=O)Nc1cc(Nc2nccc(N3CC(C)(C)c4nc(C)ccc43)n2)c(OC)cc1N(C)CCN(C)C. The van der Waals surface area contributed by atoms with Crippen LogP contribution in [-0.2, 0) is 10.2 Å². The fourth-order valence-corrected chi connectivity index (χ4v) is 4.61. The van der Waals surface area contributed by atoms with Gasteiger partial charge >= 0.3 is 0 Å². The zero-order chi connectivity index (χ0) is 28.3. The summed E-state index contributed by atoms with van der Waals surface area (Å²) in [6, 6.07) is 9.75. The largest absolute Gasteiger partial charge is 0.494 e. The van der Waals surface area contributed by atoms with Gasteiger partial charge in [0.05, 0.1) is 35.6 Å². The summed E-state index contributed by atoms with van der Waals surface area (Å²) in [4.78, 5) is 32.7. The van der Waals surface area contributed by atoms with Crippen LogP contribution in [-0.4, -0.2) is 73.6 Å². The Bertz CT molecular complexity index is 1370. The average Bonchev–Trinajstić information content (AvgIpc) is 3.17. The summed E-state index contributed by atoms with van der Waals surface area (Å²) in [6.45, 7) is 12.3. The molecular weight excluding hydrogens is 492 g/mol. The number of hydrogen-bond donors (Lipinski definition) is 2. The molecule has 206 valence electrons. The number of amides is 1. The van der Waals surface area contributed by atoms with Gasteiger partial charge in [0.15, 0.2) is 0 Å². The first-order valence-electron chi connectivity index (χ1n) is 12.9. The number of aromatic nitrogens is 3. The van der Waals surface area contributed by atoms with Crippen molar-refractivity contribution in [2.24, 2.45) is 0 Å². The number of rotatable bonds is 10. The number of carbonyl (C=O) groups excluding carboxylic acids is 1. The molecule has 10 heteroatoms. The van der Waals surface area contributed by atoms with E-state index in [1.54, 1.807) is 13.3 Å². The summed E-state index contributed by atoms with van der Waals surface area (Å²) in [5.41, 5.74) is 5.06. The van der Waals surface area contributed by atoms with Crippen LogP contribution in [0, 0.1) is 6.92 Å². The lowest BCUT2D eigenvalue weighted by molar-refractivity contribution is -0.111. The molecule has 3 aromatic rings. The summed E-state index contributed by atoms with van der Waals surface area (Å²) in [6.07, 6.45) is 2.98. The Morgan fingerprint density at radius 2 is 1.92 bits per heavy atom. The van der Waals surface area contributed by atoms with Crippen molar-refractivity contribution < 1.29 is 9.53 Å². The number of aryl methyl sites for hydroxylation is 1. The molecule has 1 aliphatic rings. The van der Waals surface area contributed by atoms with Gasteiger partial charge in [-0.1, -0.05) is 20.4 Å². The van der Waals surface area contributed by atoms with Crippen LogP contribution >= 0.6 is 0 Å². The number of nitrogens with zero attached hydrogens (tertiary/aromatic N) is 6. The Morgan fingerprint density at radius 1 is 1.15 bits per heavy atom. The van der Waals surface area contributed by atoms with E-state index in [0.29, 0.717) is 23.1 Å². The Hall–Kier alpha value is -4.18. The van der Waals surface area contributed by atoms with E-state index in [4.69, 9.17) is 14.7 Å². The van der Waals surface area contributed by atoms with E-state index < -0.39 is 0 Å². The zero-order valence-corrected chi connectivity index (χ0v) is 23.9. The molecule has 0 saturated heterocycles. The average molecular weight is 531 g/mol. The van der Waals surface area contributed by atoms with Crippen LogP contribution in [0.3, 0.4) is 0 Å². The molecule has 4 rings (SSSR count). The number of benzene rings is 1. The molecule has 1 aromatic carbocycles. The molecule has 0 unspecified atom stereocenters. The van der Waals surface area contributed by atoms with Gasteiger partial charge in [0.1, 0.15) is 11.6 Å². The zero-order valence-electron chi connectivity index (χ0n) is 23.9. The fraction of sp³-hybridized carbons (Fsp3) is 0.379. The minimum atomic E-state index is -0.300. The minimum Gasteiger partial charge on any atom is -0.494 e. The third-order valence-electron chi connectivity index (χ3n) is 6.72. The summed E-state index contributed by atoms with van der Waals surface area (Å²) in [5, 5.41) is 6.22. The standard InChI is InChI=1S/C29H38N8O2/c1-9-26(38)32-20-16-21(24(39-8)17-23(20)36(7)15-14-35(5)6)33-28-30-13-12-25(34-28)37-18-29(3,4)27-22(37)11-10-19(2)31-27/h9-13,16-17H,1,14-15,18H2,2-8H3,(H,32,38)(H,30,33,34). The molecule has 0 aliphatic carbocycles. The Balaban J connectivity index is 1.68. The van der Waals surface area contributed by atoms with Crippen molar-refractivity contribution in [3.8, 4) is 5.75 Å². The normalized spacial score (nSPS) is 13.7. The third kappa shape index (κ3) is 6.12. The first kappa shape index (κ1) is 27.8. The number of likely N-dealkylation sites (N-methyl/N-ethyl adjacent to an activating group) is 2. The predicted molar refractivity (Wildman–Crippen MR) is 158 cm³/mol. The molecule has 10 nitrogen and oxygen atoms in total. The van der Waals surface area contributed by atoms with Crippen LogP contribution < -0.4 is 25.2 Å². The topological polar surface area (TPSA) is 98.8 Å². The quantitative estimate of drug-likeness (QED) is 0.368. The Kier molecular flexibility index (Phi) is 8.06. The predicted octanol–water partition coefficient (Wildman–Crippen LogP) is 4.48. The van der Waals surface area contributed by atoms with Crippen molar-refractivity contribution in [2.45, 2.75) is 26.2 Å². The fourth-order valence-electron chi connectivity index (χ4n) is 4.61. The van der Waals surface area contributed by atoms with Gasteiger partial charge in [-0.3, -0.25) is 9.78 Å². The second-order valence-electron chi connectivity index (χ2n) is 10.6. The molecule has 1 aliphatic heterocycles. The lowest BCUT2D eigenvalue weighted by Crippen LogP contribution is -2.29. The van der Waals surface area contributed by atoms with Crippen LogP contribution in [0.4, 0.5) is 34.5 Å². The number of pyridine rings is 1. The highest BCUT2D eigenvalue weighted by atomic mass is 16.5. The summed E-state index contributed by atoms with van der Waals surface area (Å²) in [7, 11) is 7.64. The monoisotopic (exact) mass is 530 g/mol. The van der Waals surface area contributed by atoms with Crippen LogP contribution in [0.5, 0.6) is 5.75 Å². The van der Waals surface area contributed by atoms with Crippen LogP contribution in [0.2, 0.25) is 0 Å². The number of ether oxygens (including phenoxy) is 1. The highest BCUT2D eigenvalue weighted by Crippen LogP contribution is 2.43. The maximum atomic E-state index is 12.3. The first-order chi connectivity index (χ1) is 18.5. The van der Waals surface area contributed by atoms with E-state index in [2.05, 4.69) is 56.8 Å². The molecule has 1 amide bonds. The van der Waals surface area contributed by atoms with Crippen molar-refractivity contribution in [3.05, 3.63) is 60.6 Å². The van der Waals surface area contributed by atoms with Crippen molar-refractivity contribution in [1.82, 2.24) is 19.9 Å². The Labute approximate surface area is 230 Å². The molecule has 0 saturated carbocycles. The highest BCUT2D eigenvalue weighted by Gasteiger charge is 2.38. The highest BCUT2D eigenvalue weighted by molar-refractivity contribution is 6.02. The second kappa shape index (κ2) is 11.3. The van der Waals surface area contributed by atoms with Crippen LogP contribution in [0.25, 0.3) is 0 Å². The molecule has 2 aromatic heterocycles. The van der Waals surface area contributed by atoms with E-state index >= 15 is 0 Å². The van der Waals surface area contributed by atoms with Gasteiger partial charge < -0.3 is 30.1 Å². The summed E-state index contributed by atoms with van der Waals surface area (Å²) >= 11 is 0. The van der Waals surface area contributed by atoms with Gasteiger partial charge in [-0.15, -0.1) is 0 Å². The van der Waals surface area contributed by atoms with Crippen molar-refractivity contribution in [2.75, 3.05) is 68.3 Å². The lowest BCUT2D eigenvalue weighted by atomic mass is 9.91. The number of nitrogens with one attached hydrogen (secondary N) is 2. The smallest absolute Gasteiger partial charge is 0.247 e. The molecule has 3 heterocycles. The number of anilines is 6. The van der Waals surface area contributed by atoms with E-state index in [1.165, 1.54) is 6.08 Å². The van der Waals surface area contributed by atoms with E-state index in [0.717, 1.165) is 48.2 Å². The molecule has 0 bridgehead atoms. The van der Waals surface area contributed by atoms with Crippen molar-refractivity contribution in [1.29, 1.82) is 0 Å². The third-order valence-corrected chi connectivity index (χ3v) is 6.72. The summed E-state index contributed by atoms with van der Waals surface area (Å²) < 4.78 is 5.73. The summed E-state index contributed by atoms with van der Waals surface area (Å²) in [5.74, 6) is 1.47. The Morgan fingerprint density at radius 3 is 2.62 bits per heavy atom.